The summed E-state index contributed by atoms with van der Waals surface area (Å²) in [5.41, 5.74) is 9.31. The second kappa shape index (κ2) is 8.35. The largest absolute Gasteiger partial charge is 0.382 e. The SMILES string of the molecule is CCc1cc2cccc(C)c2c(=O)n1-c1ccc(F)cc1.Nc1ncnc2nc[nH]c12. The summed E-state index contributed by atoms with van der Waals surface area (Å²) in [6.07, 6.45) is 3.66. The van der Waals surface area contributed by atoms with Gasteiger partial charge < -0.3 is 10.7 Å². The number of aromatic amines is 1. The van der Waals surface area contributed by atoms with E-state index >= 15 is 0 Å². The molecule has 0 unspecified atom stereocenters. The fourth-order valence-electron chi connectivity index (χ4n) is 3.51. The summed E-state index contributed by atoms with van der Waals surface area (Å²) in [5, 5.41) is 1.68. The van der Waals surface area contributed by atoms with Gasteiger partial charge in [0, 0.05) is 11.4 Å². The molecule has 0 aliphatic rings. The molecule has 5 rings (SSSR count). The molecule has 3 aromatic heterocycles. The van der Waals surface area contributed by atoms with E-state index < -0.39 is 0 Å². The number of benzene rings is 2. The predicted octanol–water partition coefficient (Wildman–Crippen LogP) is 3.94. The number of imidazole rings is 1. The van der Waals surface area contributed by atoms with Crippen LogP contribution in [0.1, 0.15) is 18.2 Å². The number of fused-ring (bicyclic) bond motifs is 2. The molecule has 0 bridgehead atoms. The van der Waals surface area contributed by atoms with Crippen LogP contribution in [0, 0.1) is 12.7 Å². The zero-order valence-electron chi connectivity index (χ0n) is 17.1. The van der Waals surface area contributed by atoms with E-state index in [9.17, 15) is 9.18 Å². The highest BCUT2D eigenvalue weighted by Gasteiger charge is 2.11. The summed E-state index contributed by atoms with van der Waals surface area (Å²) in [7, 11) is 0. The van der Waals surface area contributed by atoms with Gasteiger partial charge in [-0.15, -0.1) is 0 Å². The average molecular weight is 416 g/mol. The van der Waals surface area contributed by atoms with Crippen molar-refractivity contribution >= 4 is 27.8 Å². The van der Waals surface area contributed by atoms with Crippen molar-refractivity contribution in [1.82, 2.24) is 24.5 Å². The first-order valence-electron chi connectivity index (χ1n) is 9.79. The Balaban J connectivity index is 0.000000192. The molecule has 31 heavy (non-hydrogen) atoms. The van der Waals surface area contributed by atoms with Crippen LogP contribution in [0.2, 0.25) is 0 Å². The van der Waals surface area contributed by atoms with Gasteiger partial charge in [-0.05, 0) is 54.6 Å². The minimum Gasteiger partial charge on any atom is -0.382 e. The molecule has 7 nitrogen and oxygen atoms in total. The van der Waals surface area contributed by atoms with Gasteiger partial charge in [0.1, 0.15) is 17.7 Å². The third kappa shape index (κ3) is 3.87. The molecular weight excluding hydrogens is 395 g/mol. The van der Waals surface area contributed by atoms with Crippen LogP contribution in [0.25, 0.3) is 27.6 Å². The molecule has 0 fully saturated rings. The molecule has 5 aromatic rings. The first-order valence-corrected chi connectivity index (χ1v) is 9.79. The van der Waals surface area contributed by atoms with E-state index in [1.807, 2.05) is 38.1 Å². The zero-order valence-corrected chi connectivity index (χ0v) is 17.1. The summed E-state index contributed by atoms with van der Waals surface area (Å²) in [6, 6.07) is 13.9. The third-order valence-corrected chi connectivity index (χ3v) is 5.03. The Labute approximate surface area is 177 Å². The molecule has 0 aliphatic carbocycles. The van der Waals surface area contributed by atoms with Gasteiger partial charge in [0.25, 0.3) is 5.56 Å². The van der Waals surface area contributed by atoms with E-state index in [4.69, 9.17) is 5.73 Å². The second-order valence-electron chi connectivity index (χ2n) is 7.01. The third-order valence-electron chi connectivity index (χ3n) is 5.03. The number of halogens is 1. The molecule has 3 heterocycles. The lowest BCUT2D eigenvalue weighted by Crippen LogP contribution is -2.22. The fraction of sp³-hybridized carbons (Fsp3) is 0.130. The van der Waals surface area contributed by atoms with Crippen molar-refractivity contribution in [2.75, 3.05) is 5.73 Å². The number of anilines is 1. The predicted molar refractivity (Wildman–Crippen MR) is 120 cm³/mol. The molecule has 156 valence electrons. The van der Waals surface area contributed by atoms with Crippen LogP contribution in [0.5, 0.6) is 0 Å². The Morgan fingerprint density at radius 2 is 1.87 bits per heavy atom. The molecule has 8 heteroatoms. The molecule has 2 aromatic carbocycles. The number of H-pyrrole nitrogens is 1. The summed E-state index contributed by atoms with van der Waals surface area (Å²) in [5.74, 6) is 0.129. The van der Waals surface area contributed by atoms with Gasteiger partial charge in [-0.3, -0.25) is 9.36 Å². The minimum atomic E-state index is -0.304. The van der Waals surface area contributed by atoms with Crippen LogP contribution in [0.15, 0.2) is 66.0 Å². The molecule has 0 saturated heterocycles. The molecular formula is C23H21FN6O. The van der Waals surface area contributed by atoms with Crippen LogP contribution >= 0.6 is 0 Å². The number of hydrogen-bond acceptors (Lipinski definition) is 5. The summed E-state index contributed by atoms with van der Waals surface area (Å²) >= 11 is 0. The minimum absolute atomic E-state index is 0.0472. The normalized spacial score (nSPS) is 10.8. The zero-order chi connectivity index (χ0) is 22.0. The number of pyridine rings is 1. The quantitative estimate of drug-likeness (QED) is 0.454. The van der Waals surface area contributed by atoms with E-state index in [2.05, 4.69) is 19.9 Å². The van der Waals surface area contributed by atoms with E-state index in [1.54, 1.807) is 16.7 Å². The highest BCUT2D eigenvalue weighted by molar-refractivity contribution is 5.85. The van der Waals surface area contributed by atoms with Crippen LogP contribution in [-0.2, 0) is 6.42 Å². The van der Waals surface area contributed by atoms with Crippen LogP contribution in [-0.4, -0.2) is 24.5 Å². The van der Waals surface area contributed by atoms with Crippen LogP contribution in [0.4, 0.5) is 10.2 Å². The number of aryl methyl sites for hydroxylation is 2. The maximum absolute atomic E-state index is 13.1. The number of hydrogen-bond donors (Lipinski definition) is 2. The van der Waals surface area contributed by atoms with Crippen LogP contribution in [0.3, 0.4) is 0 Å². The second-order valence-corrected chi connectivity index (χ2v) is 7.01. The maximum Gasteiger partial charge on any atom is 0.263 e. The molecule has 0 radical (unpaired) electrons. The van der Waals surface area contributed by atoms with Gasteiger partial charge in [0.2, 0.25) is 0 Å². The Morgan fingerprint density at radius 1 is 1.10 bits per heavy atom. The number of nitrogens with zero attached hydrogens (tertiary/aromatic N) is 4. The monoisotopic (exact) mass is 416 g/mol. The van der Waals surface area contributed by atoms with Crippen molar-refractivity contribution in [3.8, 4) is 5.69 Å². The molecule has 0 spiro atoms. The molecule has 0 atom stereocenters. The van der Waals surface area contributed by atoms with Gasteiger partial charge in [-0.2, -0.15) is 0 Å². The van der Waals surface area contributed by atoms with Crippen molar-refractivity contribution in [3.05, 3.63) is 88.6 Å². The highest BCUT2D eigenvalue weighted by Crippen LogP contribution is 2.19. The van der Waals surface area contributed by atoms with E-state index in [0.717, 1.165) is 28.5 Å². The molecule has 0 amide bonds. The smallest absolute Gasteiger partial charge is 0.263 e. The first kappa shape index (κ1) is 20.2. The fourth-order valence-corrected chi connectivity index (χ4v) is 3.51. The number of nitrogens with two attached hydrogens (primary N) is 1. The standard InChI is InChI=1S/C18H16FNO.C5H5N5/c1-3-15-11-13-6-4-5-12(2)17(13)18(21)20(15)16-9-7-14(19)8-10-16;6-4-3-5(9-1-7-3)10-2-8-4/h4-11H,3H2,1-2H3;1-2H,(H3,6,7,8,9,10). The van der Waals surface area contributed by atoms with Gasteiger partial charge >= 0.3 is 0 Å². The molecule has 0 aliphatic heterocycles. The number of nitrogens with one attached hydrogen (secondary N) is 1. The summed E-state index contributed by atoms with van der Waals surface area (Å²) in [4.78, 5) is 27.2. The van der Waals surface area contributed by atoms with Gasteiger partial charge in [0.05, 0.1) is 11.7 Å². The Hall–Kier alpha value is -4.07. The molecule has 0 saturated carbocycles. The van der Waals surface area contributed by atoms with E-state index in [0.29, 0.717) is 22.7 Å². The van der Waals surface area contributed by atoms with E-state index in [-0.39, 0.29) is 11.4 Å². The lowest BCUT2D eigenvalue weighted by Gasteiger charge is -2.14. The van der Waals surface area contributed by atoms with Crippen molar-refractivity contribution in [1.29, 1.82) is 0 Å². The summed E-state index contributed by atoms with van der Waals surface area (Å²) < 4.78 is 14.8. The van der Waals surface area contributed by atoms with Crippen molar-refractivity contribution in [3.63, 3.8) is 0 Å². The van der Waals surface area contributed by atoms with Crippen molar-refractivity contribution in [2.24, 2.45) is 0 Å². The first-order chi connectivity index (χ1) is 15.0. The van der Waals surface area contributed by atoms with Crippen LogP contribution < -0.4 is 11.3 Å². The molecule has 3 N–H and O–H groups in total. The van der Waals surface area contributed by atoms with Gasteiger partial charge in [-0.25, -0.2) is 19.3 Å². The van der Waals surface area contributed by atoms with Gasteiger partial charge in [-0.1, -0.05) is 25.1 Å². The topological polar surface area (TPSA) is 102 Å². The lowest BCUT2D eigenvalue weighted by molar-refractivity contribution is 0.627. The van der Waals surface area contributed by atoms with Gasteiger partial charge in [0.15, 0.2) is 11.5 Å². The Morgan fingerprint density at radius 3 is 2.58 bits per heavy atom. The highest BCUT2D eigenvalue weighted by atomic mass is 19.1. The lowest BCUT2D eigenvalue weighted by atomic mass is 10.1. The maximum atomic E-state index is 13.1. The Kier molecular flexibility index (Phi) is 5.44. The van der Waals surface area contributed by atoms with Crippen molar-refractivity contribution in [2.45, 2.75) is 20.3 Å². The Bertz CT molecular complexity index is 1420. The summed E-state index contributed by atoms with van der Waals surface area (Å²) in [6.45, 7) is 3.95. The number of nitrogen functional groups attached to an aromatic ring is 1. The number of aromatic nitrogens is 5. The average Bonchev–Trinajstić information content (AvgIpc) is 3.25. The van der Waals surface area contributed by atoms with E-state index in [1.165, 1.54) is 24.8 Å². The number of rotatable bonds is 2. The van der Waals surface area contributed by atoms with Crippen molar-refractivity contribution < 1.29 is 4.39 Å².